The number of hydrogen-bond donors (Lipinski definition) is 2. The molecule has 0 spiro atoms. The summed E-state index contributed by atoms with van der Waals surface area (Å²) in [6, 6.07) is -0.501. The fraction of sp³-hybridized carbons (Fsp3) is 0.917. The molecule has 17 heavy (non-hydrogen) atoms. The van der Waals surface area contributed by atoms with Gasteiger partial charge in [0.15, 0.2) is 0 Å². The first-order chi connectivity index (χ1) is 7.97. The van der Waals surface area contributed by atoms with Gasteiger partial charge in [0.05, 0.1) is 12.7 Å². The molecule has 1 unspecified atom stereocenters. The minimum atomic E-state index is -0.796. The molecule has 0 fully saturated rings. The Morgan fingerprint density at radius 3 is 2.59 bits per heavy atom. The Bertz CT molecular complexity index is 210. The number of nitrogens with one attached hydrogen (secondary N) is 1. The topological polar surface area (TPSA) is 61.8 Å². The number of hydrogen-bond acceptors (Lipinski definition) is 4. The molecule has 1 atom stereocenters. The molecule has 102 valence electrons. The Kier molecular flexibility index (Phi) is 9.03. The van der Waals surface area contributed by atoms with E-state index in [1.165, 1.54) is 0 Å². The van der Waals surface area contributed by atoms with Crippen LogP contribution >= 0.6 is 0 Å². The normalized spacial score (nSPS) is 13.3. The molecule has 0 saturated carbocycles. The van der Waals surface area contributed by atoms with Gasteiger partial charge in [-0.1, -0.05) is 6.92 Å². The van der Waals surface area contributed by atoms with E-state index in [2.05, 4.69) is 5.32 Å². The van der Waals surface area contributed by atoms with Crippen molar-refractivity contribution in [2.24, 2.45) is 0 Å². The van der Waals surface area contributed by atoms with Crippen LogP contribution in [0.15, 0.2) is 0 Å². The average molecular weight is 246 g/mol. The lowest BCUT2D eigenvalue weighted by molar-refractivity contribution is -0.140. The van der Waals surface area contributed by atoms with E-state index in [-0.39, 0.29) is 6.10 Å². The van der Waals surface area contributed by atoms with Crippen LogP contribution in [0.1, 0.15) is 27.2 Å². The highest BCUT2D eigenvalue weighted by Crippen LogP contribution is 1.93. The molecule has 0 heterocycles. The largest absolute Gasteiger partial charge is 0.480 e. The van der Waals surface area contributed by atoms with Gasteiger partial charge in [0.2, 0.25) is 0 Å². The van der Waals surface area contributed by atoms with E-state index in [4.69, 9.17) is 9.84 Å². The molecule has 5 heteroatoms. The number of nitrogens with zero attached hydrogens (tertiary/aromatic N) is 1. The van der Waals surface area contributed by atoms with Crippen molar-refractivity contribution in [1.82, 2.24) is 10.2 Å². The van der Waals surface area contributed by atoms with Crippen molar-refractivity contribution < 1.29 is 14.6 Å². The Balaban J connectivity index is 3.86. The lowest BCUT2D eigenvalue weighted by atomic mass is 10.2. The summed E-state index contributed by atoms with van der Waals surface area (Å²) < 4.78 is 5.43. The number of rotatable bonds is 10. The maximum atomic E-state index is 11.0. The van der Waals surface area contributed by atoms with E-state index >= 15 is 0 Å². The van der Waals surface area contributed by atoms with Crippen molar-refractivity contribution in [3.05, 3.63) is 0 Å². The summed E-state index contributed by atoms with van der Waals surface area (Å²) in [5, 5.41) is 12.1. The third-order valence-electron chi connectivity index (χ3n) is 2.36. The minimum absolute atomic E-state index is 0.219. The van der Waals surface area contributed by atoms with Gasteiger partial charge >= 0.3 is 5.97 Å². The quantitative estimate of drug-likeness (QED) is 0.597. The van der Waals surface area contributed by atoms with E-state index < -0.39 is 12.0 Å². The van der Waals surface area contributed by atoms with E-state index in [9.17, 15) is 4.79 Å². The highest BCUT2D eigenvalue weighted by atomic mass is 16.5. The zero-order valence-corrected chi connectivity index (χ0v) is 11.4. The van der Waals surface area contributed by atoms with Gasteiger partial charge in [0.25, 0.3) is 0 Å². The highest BCUT2D eigenvalue weighted by molar-refractivity contribution is 5.73. The summed E-state index contributed by atoms with van der Waals surface area (Å²) in [6.07, 6.45) is 1.15. The van der Waals surface area contributed by atoms with Crippen LogP contribution in [0.3, 0.4) is 0 Å². The summed E-state index contributed by atoms with van der Waals surface area (Å²) in [4.78, 5) is 13.0. The molecule has 0 aromatic carbocycles. The zero-order valence-electron chi connectivity index (χ0n) is 11.4. The Morgan fingerprint density at radius 1 is 1.47 bits per heavy atom. The monoisotopic (exact) mass is 246 g/mol. The van der Waals surface area contributed by atoms with Gasteiger partial charge in [0, 0.05) is 13.1 Å². The fourth-order valence-corrected chi connectivity index (χ4v) is 1.40. The SMILES string of the molecule is CCCNC(CN(C)CCOC(C)C)C(=O)O. The molecule has 0 aromatic rings. The average Bonchev–Trinajstić information content (AvgIpc) is 2.23. The van der Waals surface area contributed by atoms with E-state index in [1.807, 2.05) is 32.7 Å². The minimum Gasteiger partial charge on any atom is -0.480 e. The predicted octanol–water partition coefficient (Wildman–Crippen LogP) is 0.796. The Labute approximate surface area is 104 Å². The number of carboxylic acids is 1. The maximum absolute atomic E-state index is 11.0. The first-order valence-electron chi connectivity index (χ1n) is 6.23. The van der Waals surface area contributed by atoms with Gasteiger partial charge in [0.1, 0.15) is 6.04 Å². The molecule has 0 amide bonds. The molecular weight excluding hydrogens is 220 g/mol. The maximum Gasteiger partial charge on any atom is 0.322 e. The lowest BCUT2D eigenvalue weighted by Gasteiger charge is -2.22. The second kappa shape index (κ2) is 9.39. The van der Waals surface area contributed by atoms with Crippen LogP contribution in [0, 0.1) is 0 Å². The molecule has 5 nitrogen and oxygen atoms in total. The number of carboxylic acid groups (broad SMARTS) is 1. The van der Waals surface area contributed by atoms with E-state index in [0.717, 1.165) is 19.5 Å². The van der Waals surface area contributed by atoms with Gasteiger partial charge in [-0.05, 0) is 33.9 Å². The number of likely N-dealkylation sites (N-methyl/N-ethyl adjacent to an activating group) is 1. The third kappa shape index (κ3) is 9.09. The fourth-order valence-electron chi connectivity index (χ4n) is 1.40. The van der Waals surface area contributed by atoms with Gasteiger partial charge in [-0.2, -0.15) is 0 Å². The van der Waals surface area contributed by atoms with Crippen molar-refractivity contribution in [3.63, 3.8) is 0 Å². The predicted molar refractivity (Wildman–Crippen MR) is 68.3 cm³/mol. The summed E-state index contributed by atoms with van der Waals surface area (Å²) in [5.41, 5.74) is 0. The summed E-state index contributed by atoms with van der Waals surface area (Å²) >= 11 is 0. The molecule has 0 saturated heterocycles. The summed E-state index contributed by atoms with van der Waals surface area (Å²) in [7, 11) is 1.91. The van der Waals surface area contributed by atoms with Crippen LogP contribution < -0.4 is 5.32 Å². The Morgan fingerprint density at radius 2 is 2.12 bits per heavy atom. The van der Waals surface area contributed by atoms with Gasteiger partial charge in [-0.15, -0.1) is 0 Å². The molecular formula is C12H26N2O3. The van der Waals surface area contributed by atoms with Crippen molar-refractivity contribution in [2.75, 3.05) is 33.3 Å². The second-order valence-corrected chi connectivity index (χ2v) is 4.53. The lowest BCUT2D eigenvalue weighted by Crippen LogP contribution is -2.46. The van der Waals surface area contributed by atoms with E-state index in [0.29, 0.717) is 13.2 Å². The van der Waals surface area contributed by atoms with Crippen molar-refractivity contribution in [3.8, 4) is 0 Å². The van der Waals surface area contributed by atoms with Crippen LogP contribution in [0.25, 0.3) is 0 Å². The van der Waals surface area contributed by atoms with Gasteiger partial charge < -0.3 is 20.1 Å². The highest BCUT2D eigenvalue weighted by Gasteiger charge is 2.18. The molecule has 0 aromatic heterocycles. The zero-order chi connectivity index (χ0) is 13.3. The van der Waals surface area contributed by atoms with Gasteiger partial charge in [-0.25, -0.2) is 0 Å². The van der Waals surface area contributed by atoms with Crippen molar-refractivity contribution in [2.45, 2.75) is 39.3 Å². The summed E-state index contributed by atoms with van der Waals surface area (Å²) in [5.74, 6) is -0.796. The molecule has 0 radical (unpaired) electrons. The molecule has 0 rings (SSSR count). The second-order valence-electron chi connectivity index (χ2n) is 4.53. The number of aliphatic carboxylic acids is 1. The molecule has 0 aliphatic carbocycles. The van der Waals surface area contributed by atoms with Crippen LogP contribution in [-0.4, -0.2) is 61.4 Å². The van der Waals surface area contributed by atoms with Crippen LogP contribution in [0.5, 0.6) is 0 Å². The Hall–Kier alpha value is -0.650. The third-order valence-corrected chi connectivity index (χ3v) is 2.36. The number of carbonyl (C=O) groups is 1. The number of ether oxygens (including phenoxy) is 1. The van der Waals surface area contributed by atoms with Crippen molar-refractivity contribution in [1.29, 1.82) is 0 Å². The standard InChI is InChI=1S/C12H26N2O3/c1-5-6-13-11(12(15)16)9-14(4)7-8-17-10(2)3/h10-11,13H,5-9H2,1-4H3,(H,15,16). The van der Waals surface area contributed by atoms with Crippen LogP contribution in [-0.2, 0) is 9.53 Å². The molecule has 2 N–H and O–H groups in total. The molecule has 0 aliphatic heterocycles. The van der Waals surface area contributed by atoms with E-state index in [1.54, 1.807) is 0 Å². The summed E-state index contributed by atoms with van der Waals surface area (Å²) in [6.45, 7) is 8.60. The van der Waals surface area contributed by atoms with Gasteiger partial charge in [-0.3, -0.25) is 4.79 Å². The smallest absolute Gasteiger partial charge is 0.322 e. The first-order valence-corrected chi connectivity index (χ1v) is 6.23. The molecule has 0 bridgehead atoms. The molecule has 0 aliphatic rings. The van der Waals surface area contributed by atoms with Crippen molar-refractivity contribution >= 4 is 5.97 Å². The van der Waals surface area contributed by atoms with Crippen LogP contribution in [0.4, 0.5) is 0 Å². The van der Waals surface area contributed by atoms with Crippen LogP contribution in [0.2, 0.25) is 0 Å². The first kappa shape index (κ1) is 16.4.